The molecule has 2 aromatic carbocycles. The molecule has 19 heavy (non-hydrogen) atoms. The van der Waals surface area contributed by atoms with Crippen molar-refractivity contribution in [3.05, 3.63) is 77.1 Å². The zero-order valence-corrected chi connectivity index (χ0v) is 11.3. The van der Waals surface area contributed by atoms with E-state index in [2.05, 4.69) is 47.4 Å². The number of aromatic nitrogens is 1. The van der Waals surface area contributed by atoms with Crippen molar-refractivity contribution in [1.82, 2.24) is 4.98 Å². The number of nitrogens with zero attached hydrogens (tertiary/aromatic N) is 1. The molecule has 0 N–H and O–H groups in total. The highest BCUT2D eigenvalue weighted by atomic mass is 35.5. The van der Waals surface area contributed by atoms with Crippen LogP contribution in [0.15, 0.2) is 60.9 Å². The number of hydrogen-bond acceptors (Lipinski definition) is 1. The van der Waals surface area contributed by atoms with E-state index < -0.39 is 0 Å². The highest BCUT2D eigenvalue weighted by Crippen LogP contribution is 2.27. The largest absolute Gasteiger partial charge is 0.265 e. The Kier molecular flexibility index (Phi) is 3.47. The first-order valence-corrected chi connectivity index (χ1v) is 6.77. The first-order chi connectivity index (χ1) is 9.34. The van der Waals surface area contributed by atoms with Crippen LogP contribution in [0.4, 0.5) is 0 Å². The molecule has 0 aliphatic carbocycles. The van der Waals surface area contributed by atoms with Gasteiger partial charge in [-0.1, -0.05) is 41.9 Å². The van der Waals surface area contributed by atoms with Gasteiger partial charge in [0, 0.05) is 17.4 Å². The van der Waals surface area contributed by atoms with Crippen molar-refractivity contribution in [1.29, 1.82) is 0 Å². The van der Waals surface area contributed by atoms with Gasteiger partial charge in [-0.3, -0.25) is 4.98 Å². The summed E-state index contributed by atoms with van der Waals surface area (Å²) in [5, 5.41) is 3.36. The van der Waals surface area contributed by atoms with E-state index >= 15 is 0 Å². The Labute approximate surface area is 117 Å². The monoisotopic (exact) mass is 267 g/mol. The molecule has 94 valence electrons. The highest BCUT2D eigenvalue weighted by molar-refractivity contribution is 6.32. The minimum atomic E-state index is 0.854. The number of rotatable bonds is 3. The molecule has 1 heterocycles. The Morgan fingerprint density at radius 2 is 1.63 bits per heavy atom. The third-order valence-corrected chi connectivity index (χ3v) is 3.75. The van der Waals surface area contributed by atoms with Crippen LogP contribution in [0.5, 0.6) is 0 Å². The Hall–Kier alpha value is -1.86. The van der Waals surface area contributed by atoms with Crippen LogP contribution >= 0.6 is 11.6 Å². The predicted octanol–water partition coefficient (Wildman–Crippen LogP) is 4.67. The number of aryl methyl sites for hydroxylation is 2. The molecule has 3 aromatic rings. The molecule has 0 radical (unpaired) electrons. The SMILES string of the molecule is Clc1ccc2ccccc2c1CCc1ccncc1. The molecule has 0 bridgehead atoms. The van der Waals surface area contributed by atoms with Gasteiger partial charge in [-0.2, -0.15) is 0 Å². The van der Waals surface area contributed by atoms with Crippen LogP contribution in [0.25, 0.3) is 10.8 Å². The van der Waals surface area contributed by atoms with E-state index in [1.807, 2.05) is 18.5 Å². The van der Waals surface area contributed by atoms with Crippen molar-refractivity contribution in [3.8, 4) is 0 Å². The summed E-state index contributed by atoms with van der Waals surface area (Å²) in [5.41, 5.74) is 2.52. The van der Waals surface area contributed by atoms with Crippen molar-refractivity contribution in [2.75, 3.05) is 0 Å². The van der Waals surface area contributed by atoms with E-state index in [1.165, 1.54) is 21.9 Å². The van der Waals surface area contributed by atoms with Crippen LogP contribution in [-0.4, -0.2) is 4.98 Å². The summed E-state index contributed by atoms with van der Waals surface area (Å²) in [6, 6.07) is 16.6. The average Bonchev–Trinajstić information content (AvgIpc) is 2.47. The number of benzene rings is 2. The lowest BCUT2D eigenvalue weighted by atomic mass is 9.99. The first kappa shape index (κ1) is 12.2. The Morgan fingerprint density at radius 3 is 2.47 bits per heavy atom. The van der Waals surface area contributed by atoms with Crippen LogP contribution < -0.4 is 0 Å². The van der Waals surface area contributed by atoms with Gasteiger partial charge in [0.25, 0.3) is 0 Å². The second-order valence-corrected chi connectivity index (χ2v) is 5.01. The smallest absolute Gasteiger partial charge is 0.0444 e. The lowest BCUT2D eigenvalue weighted by Crippen LogP contribution is -1.94. The fourth-order valence-electron chi connectivity index (χ4n) is 2.38. The Bertz CT molecular complexity index is 692. The van der Waals surface area contributed by atoms with Crippen molar-refractivity contribution < 1.29 is 0 Å². The molecule has 0 saturated carbocycles. The molecule has 2 heteroatoms. The van der Waals surface area contributed by atoms with Crippen LogP contribution in [0.3, 0.4) is 0 Å². The number of pyridine rings is 1. The summed E-state index contributed by atoms with van der Waals surface area (Å²) in [6.45, 7) is 0. The van der Waals surface area contributed by atoms with Crippen LogP contribution in [0.2, 0.25) is 5.02 Å². The maximum Gasteiger partial charge on any atom is 0.0444 e. The zero-order valence-electron chi connectivity index (χ0n) is 10.5. The topological polar surface area (TPSA) is 12.9 Å². The van der Waals surface area contributed by atoms with Gasteiger partial charge in [0.2, 0.25) is 0 Å². The third kappa shape index (κ3) is 2.61. The second-order valence-electron chi connectivity index (χ2n) is 4.60. The zero-order chi connectivity index (χ0) is 13.1. The van der Waals surface area contributed by atoms with Crippen molar-refractivity contribution in [3.63, 3.8) is 0 Å². The number of hydrogen-bond donors (Lipinski definition) is 0. The molecule has 0 spiro atoms. The molecule has 1 nitrogen and oxygen atoms in total. The molecular formula is C17H14ClN. The summed E-state index contributed by atoms with van der Waals surface area (Å²) in [6.07, 6.45) is 5.60. The van der Waals surface area contributed by atoms with Gasteiger partial charge < -0.3 is 0 Å². The van der Waals surface area contributed by atoms with E-state index in [9.17, 15) is 0 Å². The minimum Gasteiger partial charge on any atom is -0.265 e. The molecule has 0 amide bonds. The van der Waals surface area contributed by atoms with E-state index in [0.29, 0.717) is 0 Å². The van der Waals surface area contributed by atoms with Crippen LogP contribution in [0.1, 0.15) is 11.1 Å². The summed E-state index contributed by atoms with van der Waals surface area (Å²) in [5.74, 6) is 0. The quantitative estimate of drug-likeness (QED) is 0.672. The summed E-state index contributed by atoms with van der Waals surface area (Å²) >= 11 is 6.36. The summed E-state index contributed by atoms with van der Waals surface area (Å²) in [4.78, 5) is 4.04. The van der Waals surface area contributed by atoms with Gasteiger partial charge in [-0.05, 0) is 52.9 Å². The molecular weight excluding hydrogens is 254 g/mol. The van der Waals surface area contributed by atoms with Crippen LogP contribution in [-0.2, 0) is 12.8 Å². The first-order valence-electron chi connectivity index (χ1n) is 6.39. The second kappa shape index (κ2) is 5.41. The number of halogens is 1. The van der Waals surface area contributed by atoms with Crippen molar-refractivity contribution in [2.45, 2.75) is 12.8 Å². The lowest BCUT2D eigenvalue weighted by molar-refractivity contribution is 0.964. The average molecular weight is 268 g/mol. The molecule has 0 aliphatic heterocycles. The van der Waals surface area contributed by atoms with E-state index in [4.69, 9.17) is 11.6 Å². The standard InChI is InChI=1S/C17H14ClN/c18-17-8-6-14-3-1-2-4-15(14)16(17)7-5-13-9-11-19-12-10-13/h1-4,6,8-12H,5,7H2. The van der Waals surface area contributed by atoms with Gasteiger partial charge in [0.15, 0.2) is 0 Å². The summed E-state index contributed by atoms with van der Waals surface area (Å²) < 4.78 is 0. The predicted molar refractivity (Wildman–Crippen MR) is 80.6 cm³/mol. The molecule has 0 aliphatic rings. The minimum absolute atomic E-state index is 0.854. The van der Waals surface area contributed by atoms with Gasteiger partial charge >= 0.3 is 0 Å². The summed E-state index contributed by atoms with van der Waals surface area (Å²) in [7, 11) is 0. The van der Waals surface area contributed by atoms with Crippen LogP contribution in [0, 0.1) is 0 Å². The Morgan fingerprint density at radius 1 is 0.842 bits per heavy atom. The maximum absolute atomic E-state index is 6.36. The van der Waals surface area contributed by atoms with E-state index in [-0.39, 0.29) is 0 Å². The number of fused-ring (bicyclic) bond motifs is 1. The van der Waals surface area contributed by atoms with Crippen molar-refractivity contribution >= 4 is 22.4 Å². The molecule has 0 atom stereocenters. The molecule has 3 rings (SSSR count). The maximum atomic E-state index is 6.36. The fourth-order valence-corrected chi connectivity index (χ4v) is 2.64. The highest BCUT2D eigenvalue weighted by Gasteiger charge is 2.06. The fraction of sp³-hybridized carbons (Fsp3) is 0.118. The molecule has 1 aromatic heterocycles. The molecule has 0 fully saturated rings. The molecule has 0 unspecified atom stereocenters. The van der Waals surface area contributed by atoms with E-state index in [1.54, 1.807) is 0 Å². The normalized spacial score (nSPS) is 10.8. The van der Waals surface area contributed by atoms with E-state index in [0.717, 1.165) is 17.9 Å². The van der Waals surface area contributed by atoms with Gasteiger partial charge in [0.05, 0.1) is 0 Å². The van der Waals surface area contributed by atoms with Crippen molar-refractivity contribution in [2.24, 2.45) is 0 Å². The van der Waals surface area contributed by atoms with Gasteiger partial charge in [-0.25, -0.2) is 0 Å². The van der Waals surface area contributed by atoms with Gasteiger partial charge in [-0.15, -0.1) is 0 Å². The Balaban J connectivity index is 1.94. The third-order valence-electron chi connectivity index (χ3n) is 3.40. The van der Waals surface area contributed by atoms with Gasteiger partial charge in [0.1, 0.15) is 0 Å². The lowest BCUT2D eigenvalue weighted by Gasteiger charge is -2.09. The molecule has 0 saturated heterocycles.